The zero-order valence-electron chi connectivity index (χ0n) is 6.72. The Morgan fingerprint density at radius 1 is 0.750 bits per heavy atom. The molecule has 0 unspecified atom stereocenters. The molecule has 2 nitrogen and oxygen atoms in total. The lowest BCUT2D eigenvalue weighted by Gasteiger charge is -2.45. The van der Waals surface area contributed by atoms with Gasteiger partial charge in [0.05, 0.1) is 0 Å². The highest BCUT2D eigenvalue weighted by molar-refractivity contribution is 9.42. The lowest BCUT2D eigenvalue weighted by atomic mass is 10.3. The average molecular weight is 811 g/mol. The van der Waals surface area contributed by atoms with Gasteiger partial charge in [-0.3, -0.25) is 0 Å². The Bertz CT molecular complexity index is 268. The van der Waals surface area contributed by atoms with Gasteiger partial charge in [-0.25, -0.2) is 4.79 Å². The standard InChI is InChI=1S/C5Br9O2/c6-2(7,4(10,11)12)3(8,9)5(13,14)16-1-15. The van der Waals surface area contributed by atoms with Crippen LogP contribution in [0.2, 0.25) is 0 Å². The minimum Gasteiger partial charge on any atom is -0.426 e. The Balaban J connectivity index is 5.42. The summed E-state index contributed by atoms with van der Waals surface area (Å²) in [6, 6.07) is 0. The first-order valence-electron chi connectivity index (χ1n) is 3.06. The fourth-order valence-electron chi connectivity index (χ4n) is 0.477. The second-order valence-corrected chi connectivity index (χ2v) is 19.3. The third kappa shape index (κ3) is 4.14. The van der Waals surface area contributed by atoms with Crippen LogP contribution >= 0.6 is 143 Å². The molecule has 1 radical (unpaired) electrons. The number of halogens is 9. The zero-order valence-corrected chi connectivity index (χ0v) is 21.0. The van der Waals surface area contributed by atoms with Crippen molar-refractivity contribution in [1.82, 2.24) is 0 Å². The molecule has 95 valence electrons. The highest BCUT2D eigenvalue weighted by atomic mass is 80.0. The molecule has 0 aliphatic heterocycles. The maximum atomic E-state index is 10.3. The second kappa shape index (κ2) is 6.70. The van der Waals surface area contributed by atoms with E-state index in [0.717, 1.165) is 0 Å². The highest BCUT2D eigenvalue weighted by Gasteiger charge is 2.66. The minimum absolute atomic E-state index is 0.758. The van der Waals surface area contributed by atoms with Crippen LogP contribution in [0.3, 0.4) is 0 Å². The van der Waals surface area contributed by atoms with Gasteiger partial charge in [0.2, 0.25) is 3.42 Å². The predicted octanol–water partition coefficient (Wildman–Crippen LogP) is 6.32. The summed E-state index contributed by atoms with van der Waals surface area (Å²) in [5.74, 6) is 0. The summed E-state index contributed by atoms with van der Waals surface area (Å²) < 4.78 is 0.890. The van der Waals surface area contributed by atoms with Gasteiger partial charge in [-0.05, 0) is 31.9 Å². The van der Waals surface area contributed by atoms with E-state index in [4.69, 9.17) is 4.74 Å². The first-order chi connectivity index (χ1) is 6.81. The summed E-state index contributed by atoms with van der Waals surface area (Å²) in [6.07, 6.45) is 0. The third-order valence-electron chi connectivity index (χ3n) is 1.29. The van der Waals surface area contributed by atoms with Gasteiger partial charge in [0.15, 0.2) is 5.38 Å². The highest BCUT2D eigenvalue weighted by Crippen LogP contribution is 2.68. The number of hydrogen-bond donors (Lipinski definition) is 0. The second-order valence-electron chi connectivity index (χ2n) is 2.35. The van der Waals surface area contributed by atoms with Gasteiger partial charge in [-0.15, -0.1) is 0 Å². The van der Waals surface area contributed by atoms with Gasteiger partial charge in [0.1, 0.15) is 3.23 Å². The van der Waals surface area contributed by atoms with E-state index in [1.165, 1.54) is 6.47 Å². The minimum atomic E-state index is -1.26. The average Bonchev–Trinajstić information content (AvgIpc) is 2.01. The van der Waals surface area contributed by atoms with Crippen LogP contribution in [0.4, 0.5) is 0 Å². The van der Waals surface area contributed by atoms with Gasteiger partial charge < -0.3 is 4.74 Å². The van der Waals surface area contributed by atoms with Crippen LogP contribution in [0.25, 0.3) is 0 Å². The molecule has 0 rings (SSSR count). The third-order valence-corrected chi connectivity index (χ3v) is 16.7. The van der Waals surface area contributed by atoms with Crippen molar-refractivity contribution in [2.45, 2.75) is 12.0 Å². The van der Waals surface area contributed by atoms with Crippen molar-refractivity contribution in [1.29, 1.82) is 0 Å². The molecule has 0 bridgehead atoms. The van der Waals surface area contributed by atoms with E-state index in [-0.39, 0.29) is 0 Å². The monoisotopic (exact) mass is 802 g/mol. The van der Waals surface area contributed by atoms with Crippen LogP contribution in [0.1, 0.15) is 0 Å². The van der Waals surface area contributed by atoms with Crippen molar-refractivity contribution in [2.75, 3.05) is 0 Å². The molecule has 0 heterocycles. The summed E-state index contributed by atoms with van der Waals surface area (Å²) in [4.78, 5) is 10.3. The first kappa shape index (κ1) is 19.8. The van der Waals surface area contributed by atoms with Crippen LogP contribution in [0, 0.1) is 0 Å². The van der Waals surface area contributed by atoms with E-state index < -0.39 is 12.0 Å². The Morgan fingerprint density at radius 2 is 1.12 bits per heavy atom. The number of carbonyl (C=O) groups excluding carboxylic acids is 1. The summed E-state index contributed by atoms with van der Waals surface area (Å²) >= 11 is 30.2. The van der Waals surface area contributed by atoms with E-state index in [1.807, 2.05) is 0 Å². The van der Waals surface area contributed by atoms with Gasteiger partial charge in [-0.1, -0.05) is 112 Å². The van der Waals surface area contributed by atoms with E-state index in [1.54, 1.807) is 0 Å². The van der Waals surface area contributed by atoms with Crippen molar-refractivity contribution in [3.63, 3.8) is 0 Å². The summed E-state index contributed by atoms with van der Waals surface area (Å²) in [5.41, 5.74) is 0. The van der Waals surface area contributed by atoms with E-state index in [2.05, 4.69) is 143 Å². The molecule has 0 aliphatic rings. The maximum Gasteiger partial charge on any atom is 0.419 e. The van der Waals surface area contributed by atoms with Gasteiger partial charge in [-0.2, -0.15) is 0 Å². The normalized spacial score (nSPS) is 14.8. The first-order valence-corrected chi connectivity index (χ1v) is 10.2. The Morgan fingerprint density at radius 3 is 1.38 bits per heavy atom. The quantitative estimate of drug-likeness (QED) is 0.311. The number of hydrogen-bond acceptors (Lipinski definition) is 2. The smallest absolute Gasteiger partial charge is 0.419 e. The Hall–Kier alpha value is 3.79. The molecule has 0 aromatic carbocycles. The topological polar surface area (TPSA) is 26.3 Å². The maximum absolute atomic E-state index is 10.3. The van der Waals surface area contributed by atoms with Crippen molar-refractivity contribution in [2.24, 2.45) is 0 Å². The molecule has 0 atom stereocenters. The molecule has 0 saturated carbocycles. The fourth-order valence-corrected chi connectivity index (χ4v) is 6.07. The largest absolute Gasteiger partial charge is 0.426 e. The molecule has 0 aromatic rings. The SMILES string of the molecule is O=[C]OC(Br)(Br)C(Br)(Br)C(Br)(Br)C(Br)(Br)Br. The Kier molecular flexibility index (Phi) is 8.29. The molecule has 0 aromatic heterocycles. The molecular formula is C5Br9O2. The van der Waals surface area contributed by atoms with Crippen LogP contribution in [0.5, 0.6) is 0 Å². The van der Waals surface area contributed by atoms with Crippen LogP contribution in [-0.4, -0.2) is 18.5 Å². The van der Waals surface area contributed by atoms with Crippen molar-refractivity contribution in [3.8, 4) is 0 Å². The zero-order chi connectivity index (χ0) is 13.4. The summed E-state index contributed by atoms with van der Waals surface area (Å²) in [5, 5.41) is 0. The molecule has 0 N–H and O–H groups in total. The molecule has 0 amide bonds. The van der Waals surface area contributed by atoms with Crippen molar-refractivity contribution in [3.05, 3.63) is 0 Å². The van der Waals surface area contributed by atoms with E-state index >= 15 is 0 Å². The van der Waals surface area contributed by atoms with Crippen LogP contribution in [-0.2, 0) is 9.53 Å². The summed E-state index contributed by atoms with van der Waals surface area (Å²) in [6.45, 7) is 1.35. The molecule has 0 fully saturated rings. The predicted molar refractivity (Wildman–Crippen MR) is 98.0 cm³/mol. The lowest BCUT2D eigenvalue weighted by Crippen LogP contribution is -2.54. The molecular weight excluding hydrogens is 811 g/mol. The molecule has 16 heavy (non-hydrogen) atoms. The van der Waals surface area contributed by atoms with Crippen molar-refractivity contribution >= 4 is 150 Å². The van der Waals surface area contributed by atoms with Gasteiger partial charge in [0.25, 0.3) is 0 Å². The lowest BCUT2D eigenvalue weighted by molar-refractivity contribution is 0.226. The van der Waals surface area contributed by atoms with Gasteiger partial charge >= 0.3 is 6.47 Å². The molecule has 0 saturated heterocycles. The number of ether oxygens (including phenoxy) is 1. The van der Waals surface area contributed by atoms with E-state index in [0.29, 0.717) is 0 Å². The fraction of sp³-hybridized carbons (Fsp3) is 0.800. The molecule has 11 heteroatoms. The van der Waals surface area contributed by atoms with Crippen LogP contribution < -0.4 is 0 Å². The van der Waals surface area contributed by atoms with E-state index in [9.17, 15) is 4.79 Å². The van der Waals surface area contributed by atoms with Crippen molar-refractivity contribution < 1.29 is 9.53 Å². The number of alkyl halides is 9. The van der Waals surface area contributed by atoms with Crippen LogP contribution in [0.15, 0.2) is 0 Å². The molecule has 0 aliphatic carbocycles. The summed E-state index contributed by atoms with van der Waals surface area (Å²) in [7, 11) is 0. The molecule has 0 spiro atoms. The Labute approximate surface area is 168 Å². The van der Waals surface area contributed by atoms with Gasteiger partial charge in [0, 0.05) is 0 Å². The number of rotatable bonds is 4.